The van der Waals surface area contributed by atoms with Crippen LogP contribution in [0, 0.1) is 0 Å². The molecule has 2 rings (SSSR count). The highest BCUT2D eigenvalue weighted by Crippen LogP contribution is 2.26. The normalized spacial score (nSPS) is 13.1. The Morgan fingerprint density at radius 1 is 1.00 bits per heavy atom. The van der Waals surface area contributed by atoms with E-state index in [4.69, 9.17) is 4.74 Å². The maximum atomic E-state index is 13.1. The average Bonchev–Trinajstić information content (AvgIpc) is 2.52. The lowest BCUT2D eigenvalue weighted by atomic mass is 10.1. The molecule has 0 aliphatic heterocycles. The number of anilines is 1. The molecule has 0 bridgehead atoms. The number of benzene rings is 2. The van der Waals surface area contributed by atoms with Gasteiger partial charge in [-0.15, -0.1) is 0 Å². The van der Waals surface area contributed by atoms with E-state index in [0.717, 1.165) is 6.08 Å². The van der Waals surface area contributed by atoms with Gasteiger partial charge in [-0.25, -0.2) is 0 Å². The number of methoxy groups -OCH3 is 1. The van der Waals surface area contributed by atoms with Gasteiger partial charge in [0.2, 0.25) is 0 Å². The second kappa shape index (κ2) is 7.02. The fourth-order valence-corrected chi connectivity index (χ4v) is 1.88. The van der Waals surface area contributed by atoms with Crippen LogP contribution in [-0.2, 0) is 0 Å². The summed E-state index contributed by atoms with van der Waals surface area (Å²) in [5, 5.41) is 2.47. The zero-order chi connectivity index (χ0) is 16.0. The molecule has 116 valence electrons. The van der Waals surface area contributed by atoms with Crippen molar-refractivity contribution in [2.75, 3.05) is 12.4 Å². The Morgan fingerprint density at radius 2 is 1.64 bits per heavy atom. The summed E-state index contributed by atoms with van der Waals surface area (Å²) in [6.07, 6.45) is -1.82. The van der Waals surface area contributed by atoms with Crippen LogP contribution in [0.5, 0.6) is 5.75 Å². The number of halogens is 3. The van der Waals surface area contributed by atoms with Crippen molar-refractivity contribution in [2.45, 2.75) is 12.2 Å². The molecule has 2 aromatic rings. The van der Waals surface area contributed by atoms with Crippen molar-refractivity contribution in [3.63, 3.8) is 0 Å². The van der Waals surface area contributed by atoms with E-state index in [1.54, 1.807) is 48.5 Å². The predicted molar refractivity (Wildman–Crippen MR) is 81.9 cm³/mol. The molecule has 0 fully saturated rings. The van der Waals surface area contributed by atoms with Crippen LogP contribution in [0.3, 0.4) is 0 Å². The third-order valence-corrected chi connectivity index (χ3v) is 3.05. The summed E-state index contributed by atoms with van der Waals surface area (Å²) in [5.74, 6) is 0.592. The Kier molecular flexibility index (Phi) is 5.09. The van der Waals surface area contributed by atoms with Crippen LogP contribution in [-0.4, -0.2) is 19.3 Å². The Balaban J connectivity index is 2.14. The molecule has 2 aromatic carbocycles. The van der Waals surface area contributed by atoms with Crippen LogP contribution in [0.25, 0.3) is 6.08 Å². The van der Waals surface area contributed by atoms with Crippen molar-refractivity contribution in [3.8, 4) is 5.75 Å². The zero-order valence-corrected chi connectivity index (χ0v) is 12.0. The Hall–Kier alpha value is -2.43. The molecule has 2 nitrogen and oxygen atoms in total. The van der Waals surface area contributed by atoms with Gasteiger partial charge < -0.3 is 10.1 Å². The van der Waals surface area contributed by atoms with E-state index in [1.165, 1.54) is 13.2 Å². The number of rotatable bonds is 5. The second-order valence-electron chi connectivity index (χ2n) is 4.66. The maximum absolute atomic E-state index is 13.1. The van der Waals surface area contributed by atoms with E-state index in [2.05, 4.69) is 5.32 Å². The lowest BCUT2D eigenvalue weighted by Gasteiger charge is -2.19. The van der Waals surface area contributed by atoms with Crippen LogP contribution < -0.4 is 10.1 Å². The van der Waals surface area contributed by atoms with E-state index >= 15 is 0 Å². The van der Waals surface area contributed by atoms with Crippen LogP contribution in [0.1, 0.15) is 5.56 Å². The first-order valence-electron chi connectivity index (χ1n) is 6.69. The van der Waals surface area contributed by atoms with Crippen molar-refractivity contribution in [1.29, 1.82) is 0 Å². The van der Waals surface area contributed by atoms with Gasteiger partial charge in [-0.3, -0.25) is 0 Å². The molecule has 1 atom stereocenters. The Labute approximate surface area is 127 Å². The highest BCUT2D eigenvalue weighted by Gasteiger charge is 2.37. The summed E-state index contributed by atoms with van der Waals surface area (Å²) in [4.78, 5) is 0. The molecule has 0 aromatic heterocycles. The predicted octanol–water partition coefficient (Wildman–Crippen LogP) is 4.75. The van der Waals surface area contributed by atoms with Crippen LogP contribution in [0.2, 0.25) is 0 Å². The van der Waals surface area contributed by atoms with Crippen molar-refractivity contribution in [3.05, 3.63) is 66.2 Å². The first-order valence-corrected chi connectivity index (χ1v) is 6.69. The number of alkyl halides is 3. The minimum absolute atomic E-state index is 0.376. The topological polar surface area (TPSA) is 21.3 Å². The van der Waals surface area contributed by atoms with Gasteiger partial charge >= 0.3 is 6.18 Å². The number of ether oxygens (including phenoxy) is 1. The molecule has 0 radical (unpaired) electrons. The van der Waals surface area contributed by atoms with Crippen LogP contribution in [0.4, 0.5) is 18.9 Å². The van der Waals surface area contributed by atoms with Gasteiger partial charge in [-0.05, 0) is 29.8 Å². The summed E-state index contributed by atoms with van der Waals surface area (Å²) in [6.45, 7) is 0. The summed E-state index contributed by atoms with van der Waals surface area (Å²) >= 11 is 0. The van der Waals surface area contributed by atoms with E-state index in [0.29, 0.717) is 17.0 Å². The van der Waals surface area contributed by atoms with Gasteiger partial charge in [0.1, 0.15) is 11.8 Å². The fourth-order valence-electron chi connectivity index (χ4n) is 1.88. The molecular weight excluding hydrogens is 291 g/mol. The van der Waals surface area contributed by atoms with Gasteiger partial charge in [-0.2, -0.15) is 13.2 Å². The highest BCUT2D eigenvalue weighted by atomic mass is 19.4. The largest absolute Gasteiger partial charge is 0.497 e. The molecule has 0 spiro atoms. The quantitative estimate of drug-likeness (QED) is 0.860. The molecule has 0 saturated carbocycles. The monoisotopic (exact) mass is 307 g/mol. The maximum Gasteiger partial charge on any atom is 0.412 e. The van der Waals surface area contributed by atoms with Gasteiger partial charge in [0, 0.05) is 5.69 Å². The lowest BCUT2D eigenvalue weighted by Crippen LogP contribution is -2.34. The van der Waals surface area contributed by atoms with Crippen molar-refractivity contribution >= 4 is 11.8 Å². The minimum Gasteiger partial charge on any atom is -0.497 e. The molecule has 5 heteroatoms. The highest BCUT2D eigenvalue weighted by molar-refractivity contribution is 5.53. The summed E-state index contributed by atoms with van der Waals surface area (Å²) in [6, 6.07) is 13.4. The first kappa shape index (κ1) is 15.9. The number of hydrogen-bond acceptors (Lipinski definition) is 2. The van der Waals surface area contributed by atoms with E-state index in [9.17, 15) is 13.2 Å². The lowest BCUT2D eigenvalue weighted by molar-refractivity contribution is -0.132. The van der Waals surface area contributed by atoms with Crippen molar-refractivity contribution < 1.29 is 17.9 Å². The smallest absolute Gasteiger partial charge is 0.412 e. The van der Waals surface area contributed by atoms with E-state index < -0.39 is 12.2 Å². The zero-order valence-electron chi connectivity index (χ0n) is 12.0. The SMILES string of the molecule is COc1ccc(NC(/C=C/c2ccccc2)C(F)(F)F)cc1. The molecule has 0 heterocycles. The van der Waals surface area contributed by atoms with Gasteiger partial charge in [0.15, 0.2) is 0 Å². The first-order chi connectivity index (χ1) is 10.5. The minimum atomic E-state index is -4.38. The summed E-state index contributed by atoms with van der Waals surface area (Å²) < 4.78 is 44.3. The molecule has 1 N–H and O–H groups in total. The van der Waals surface area contributed by atoms with Crippen LogP contribution >= 0.6 is 0 Å². The van der Waals surface area contributed by atoms with Crippen LogP contribution in [0.15, 0.2) is 60.7 Å². The van der Waals surface area contributed by atoms with Gasteiger partial charge in [0.05, 0.1) is 7.11 Å². The molecule has 0 aliphatic carbocycles. The molecule has 22 heavy (non-hydrogen) atoms. The Bertz CT molecular complexity index is 606. The summed E-state index contributed by atoms with van der Waals surface area (Å²) in [7, 11) is 1.50. The van der Waals surface area contributed by atoms with E-state index in [1.807, 2.05) is 6.07 Å². The molecule has 0 aliphatic rings. The number of hydrogen-bond donors (Lipinski definition) is 1. The second-order valence-corrected chi connectivity index (χ2v) is 4.66. The Morgan fingerprint density at radius 3 is 2.18 bits per heavy atom. The van der Waals surface area contributed by atoms with E-state index in [-0.39, 0.29) is 0 Å². The third kappa shape index (κ3) is 4.55. The average molecular weight is 307 g/mol. The number of nitrogens with one attached hydrogen (secondary N) is 1. The summed E-state index contributed by atoms with van der Waals surface area (Å²) in [5.41, 5.74) is 1.09. The standard InChI is InChI=1S/C17H16F3NO/c1-22-15-10-8-14(9-11-15)21-16(17(18,19)20)12-7-13-5-3-2-4-6-13/h2-12,16,21H,1H3/b12-7+. The fraction of sp³-hybridized carbons (Fsp3) is 0.176. The van der Waals surface area contributed by atoms with Gasteiger partial charge in [0.25, 0.3) is 0 Å². The molecular formula is C17H16F3NO. The molecule has 0 saturated heterocycles. The van der Waals surface area contributed by atoms with Gasteiger partial charge in [-0.1, -0.05) is 42.5 Å². The third-order valence-electron chi connectivity index (χ3n) is 3.05. The van der Waals surface area contributed by atoms with Crippen molar-refractivity contribution in [1.82, 2.24) is 0 Å². The molecule has 0 amide bonds. The van der Waals surface area contributed by atoms with Crippen molar-refractivity contribution in [2.24, 2.45) is 0 Å². The molecule has 1 unspecified atom stereocenters.